The number of rotatable bonds is 2. The van der Waals surface area contributed by atoms with Crippen LogP contribution in [0.15, 0.2) is 30.5 Å². The lowest BCUT2D eigenvalue weighted by atomic mass is 9.74. The maximum absolute atomic E-state index is 12.8. The van der Waals surface area contributed by atoms with Gasteiger partial charge < -0.3 is 14.7 Å². The molecule has 0 bridgehead atoms. The zero-order valence-electron chi connectivity index (χ0n) is 18.9. The fourth-order valence-corrected chi connectivity index (χ4v) is 6.51. The number of aryl methyl sites for hydroxylation is 1. The minimum atomic E-state index is 0.0940. The fraction of sp³-hybridized carbons (Fsp3) is 0.583. The largest absolute Gasteiger partial charge is 0.348 e. The van der Waals surface area contributed by atoms with E-state index in [1.165, 1.54) is 28.4 Å². The number of nitrogens with zero attached hydrogens (tertiary/aromatic N) is 5. The number of hydrogen-bond donors (Lipinski definition) is 0. The van der Waals surface area contributed by atoms with Gasteiger partial charge >= 0.3 is 6.03 Å². The predicted octanol–water partition coefficient (Wildman–Crippen LogP) is 3.96. The summed E-state index contributed by atoms with van der Waals surface area (Å²) in [5.41, 5.74) is 2.60. The van der Waals surface area contributed by atoms with E-state index in [-0.39, 0.29) is 11.4 Å². The molecule has 0 unspecified atom stereocenters. The second-order valence-corrected chi connectivity index (χ2v) is 10.8. The van der Waals surface area contributed by atoms with E-state index in [4.69, 9.17) is 0 Å². The molecular weight excluding hydrogens is 406 g/mol. The first-order valence-corrected chi connectivity index (χ1v) is 12.3. The van der Waals surface area contributed by atoms with Gasteiger partial charge in [0.1, 0.15) is 0 Å². The number of thiazole rings is 1. The Morgan fingerprint density at radius 1 is 1.13 bits per heavy atom. The molecule has 7 heteroatoms. The summed E-state index contributed by atoms with van der Waals surface area (Å²) in [6, 6.07) is 9.33. The minimum absolute atomic E-state index is 0.0940. The third kappa shape index (κ3) is 3.72. The maximum atomic E-state index is 12.8. The Morgan fingerprint density at radius 3 is 2.48 bits per heavy atom. The molecule has 1 aromatic heterocycles. The Hall–Kier alpha value is -2.12. The van der Waals surface area contributed by atoms with Gasteiger partial charge in [0, 0.05) is 61.9 Å². The number of carbonyl (C=O) groups excluding carboxylic acids is 1. The van der Waals surface area contributed by atoms with Crippen LogP contribution in [0.1, 0.15) is 36.1 Å². The third-order valence-electron chi connectivity index (χ3n) is 7.46. The monoisotopic (exact) mass is 439 g/mol. The van der Waals surface area contributed by atoms with Crippen LogP contribution in [0.5, 0.6) is 0 Å². The number of hydrogen-bond acceptors (Lipinski definition) is 5. The van der Waals surface area contributed by atoms with Crippen LogP contribution in [0, 0.1) is 6.92 Å². The molecule has 0 aliphatic carbocycles. The molecule has 0 radical (unpaired) electrons. The van der Waals surface area contributed by atoms with E-state index in [1.807, 2.05) is 36.5 Å². The van der Waals surface area contributed by atoms with Crippen molar-refractivity contribution < 1.29 is 4.79 Å². The second kappa shape index (κ2) is 8.10. The van der Waals surface area contributed by atoms with Crippen molar-refractivity contribution in [1.82, 2.24) is 14.8 Å². The third-order valence-corrected chi connectivity index (χ3v) is 8.43. The highest BCUT2D eigenvalue weighted by Crippen LogP contribution is 2.47. The minimum Gasteiger partial charge on any atom is -0.348 e. The van der Waals surface area contributed by atoms with Gasteiger partial charge in [-0.1, -0.05) is 18.2 Å². The number of piperidine rings is 2. The summed E-state index contributed by atoms with van der Waals surface area (Å²) in [6.07, 6.45) is 6.68. The SMILES string of the molecule is Cc1cnc(N2CCC(N3CCC4(CC3)CN(C(=O)N(C)C)c3ccccc34)CC2)s1. The average Bonchev–Trinajstić information content (AvgIpc) is 3.36. The lowest BCUT2D eigenvalue weighted by Crippen LogP contribution is -2.52. The molecule has 31 heavy (non-hydrogen) atoms. The standard InChI is InChI=1S/C24H33N5OS/c1-18-16-25-22(31-18)28-12-8-19(9-13-28)27-14-10-24(11-15-27)17-29(23(30)26(2)3)21-7-5-4-6-20(21)24/h4-7,16,19H,8-15,17H2,1-3H3. The van der Waals surface area contributed by atoms with E-state index in [0.29, 0.717) is 6.04 Å². The van der Waals surface area contributed by atoms with Gasteiger partial charge in [0.25, 0.3) is 0 Å². The van der Waals surface area contributed by atoms with Gasteiger partial charge in [0.05, 0.1) is 0 Å². The van der Waals surface area contributed by atoms with Gasteiger partial charge in [-0.15, -0.1) is 11.3 Å². The summed E-state index contributed by atoms with van der Waals surface area (Å²) in [7, 11) is 3.69. The molecule has 1 aromatic carbocycles. The number of fused-ring (bicyclic) bond motifs is 2. The smallest absolute Gasteiger partial charge is 0.323 e. The lowest BCUT2D eigenvalue weighted by Gasteiger charge is -2.45. The van der Waals surface area contributed by atoms with Crippen molar-refractivity contribution in [2.75, 3.05) is 56.6 Å². The van der Waals surface area contributed by atoms with E-state index in [1.54, 1.807) is 4.90 Å². The van der Waals surface area contributed by atoms with Crippen LogP contribution >= 0.6 is 11.3 Å². The number of urea groups is 1. The zero-order chi connectivity index (χ0) is 21.6. The predicted molar refractivity (Wildman–Crippen MR) is 127 cm³/mol. The lowest BCUT2D eigenvalue weighted by molar-refractivity contribution is 0.104. The van der Waals surface area contributed by atoms with Gasteiger partial charge in [-0.2, -0.15) is 0 Å². The number of amides is 2. The highest BCUT2D eigenvalue weighted by molar-refractivity contribution is 7.15. The van der Waals surface area contributed by atoms with Gasteiger partial charge in [-0.05, 0) is 57.3 Å². The molecule has 3 aliphatic heterocycles. The number of anilines is 2. The van der Waals surface area contributed by atoms with Crippen molar-refractivity contribution in [2.24, 2.45) is 0 Å². The first-order chi connectivity index (χ1) is 15.0. The van der Waals surface area contributed by atoms with Gasteiger partial charge in [0.2, 0.25) is 0 Å². The Morgan fingerprint density at radius 2 is 1.84 bits per heavy atom. The van der Waals surface area contributed by atoms with Crippen molar-refractivity contribution >= 4 is 28.2 Å². The number of aromatic nitrogens is 1. The van der Waals surface area contributed by atoms with Crippen LogP contribution in [0.25, 0.3) is 0 Å². The Kier molecular flexibility index (Phi) is 5.42. The van der Waals surface area contributed by atoms with Crippen LogP contribution in [-0.2, 0) is 5.41 Å². The zero-order valence-corrected chi connectivity index (χ0v) is 19.7. The molecule has 0 N–H and O–H groups in total. The van der Waals surface area contributed by atoms with Crippen LogP contribution in [0.4, 0.5) is 15.6 Å². The number of carbonyl (C=O) groups is 1. The molecule has 3 aliphatic rings. The first kappa shape index (κ1) is 20.8. The van der Waals surface area contributed by atoms with E-state index < -0.39 is 0 Å². The van der Waals surface area contributed by atoms with Crippen LogP contribution in [-0.4, -0.2) is 73.7 Å². The van der Waals surface area contributed by atoms with Crippen LogP contribution in [0.2, 0.25) is 0 Å². The molecule has 166 valence electrons. The van der Waals surface area contributed by atoms with Crippen molar-refractivity contribution in [3.8, 4) is 0 Å². The molecule has 1 spiro atoms. The van der Waals surface area contributed by atoms with Gasteiger partial charge in [0.15, 0.2) is 5.13 Å². The second-order valence-electron chi connectivity index (χ2n) is 9.57. The summed E-state index contributed by atoms with van der Waals surface area (Å²) >= 11 is 1.81. The Balaban J connectivity index is 1.24. The van der Waals surface area contributed by atoms with E-state index >= 15 is 0 Å². The molecule has 6 nitrogen and oxygen atoms in total. The number of benzene rings is 1. The van der Waals surface area contributed by atoms with Crippen molar-refractivity contribution in [3.63, 3.8) is 0 Å². The molecule has 2 fully saturated rings. The summed E-state index contributed by atoms with van der Waals surface area (Å²) in [5.74, 6) is 0. The fourth-order valence-electron chi connectivity index (χ4n) is 5.70. The highest BCUT2D eigenvalue weighted by Gasteiger charge is 2.47. The average molecular weight is 440 g/mol. The Bertz CT molecular complexity index is 941. The van der Waals surface area contributed by atoms with Crippen molar-refractivity contribution in [1.29, 1.82) is 0 Å². The highest BCUT2D eigenvalue weighted by atomic mass is 32.1. The molecule has 2 aromatic rings. The summed E-state index contributed by atoms with van der Waals surface area (Å²) in [6.45, 7) is 7.41. The van der Waals surface area contributed by atoms with Crippen molar-refractivity contribution in [3.05, 3.63) is 40.9 Å². The molecule has 0 atom stereocenters. The number of likely N-dealkylation sites (tertiary alicyclic amines) is 1. The van der Waals surface area contributed by atoms with Crippen molar-refractivity contribution in [2.45, 2.75) is 44.1 Å². The molecule has 4 heterocycles. The van der Waals surface area contributed by atoms with Gasteiger partial charge in [-0.25, -0.2) is 9.78 Å². The molecule has 0 saturated carbocycles. The molecular formula is C24H33N5OS. The summed E-state index contributed by atoms with van der Waals surface area (Å²) in [4.78, 5) is 27.6. The summed E-state index contributed by atoms with van der Waals surface area (Å²) in [5, 5.41) is 1.18. The Labute approximate surface area is 189 Å². The van der Waals surface area contributed by atoms with Gasteiger partial charge in [-0.3, -0.25) is 4.90 Å². The number of para-hydroxylation sites is 1. The van der Waals surface area contributed by atoms with Crippen LogP contribution in [0.3, 0.4) is 0 Å². The van der Waals surface area contributed by atoms with E-state index in [9.17, 15) is 4.79 Å². The summed E-state index contributed by atoms with van der Waals surface area (Å²) < 4.78 is 0. The molecule has 5 rings (SSSR count). The molecule has 2 amide bonds. The topological polar surface area (TPSA) is 42.9 Å². The van der Waals surface area contributed by atoms with Crippen LogP contribution < -0.4 is 9.80 Å². The first-order valence-electron chi connectivity index (χ1n) is 11.5. The quantitative estimate of drug-likeness (QED) is 0.711. The van der Waals surface area contributed by atoms with E-state index in [0.717, 1.165) is 51.3 Å². The maximum Gasteiger partial charge on any atom is 0.323 e. The normalized spacial score (nSPS) is 21.5. The molecule has 2 saturated heterocycles. The van der Waals surface area contributed by atoms with E-state index in [2.05, 4.69) is 46.0 Å².